The number of aliphatic imine (C=N–C) groups is 1. The maximum Gasteiger partial charge on any atom is 0.337 e. The van der Waals surface area contributed by atoms with Crippen LogP contribution < -0.4 is 0 Å². The Bertz CT molecular complexity index is 1480. The van der Waals surface area contributed by atoms with E-state index in [1.807, 2.05) is 36.4 Å². The fraction of sp³-hybridized carbons (Fsp3) is 0.355. The highest BCUT2D eigenvalue weighted by atomic mass is 16.6. The average molecular weight is 559 g/mol. The van der Waals surface area contributed by atoms with Crippen molar-refractivity contribution in [3.05, 3.63) is 93.3 Å². The quantitative estimate of drug-likeness (QED) is 0.123. The third-order valence-corrected chi connectivity index (χ3v) is 7.28. The zero-order valence-electron chi connectivity index (χ0n) is 23.6. The fourth-order valence-electron chi connectivity index (χ4n) is 5.24. The minimum atomic E-state index is -0.955. The number of hydrogen-bond donors (Lipinski definition) is 1. The van der Waals surface area contributed by atoms with E-state index >= 15 is 0 Å². The van der Waals surface area contributed by atoms with Gasteiger partial charge in [0.1, 0.15) is 12.0 Å². The number of benzene rings is 2. The van der Waals surface area contributed by atoms with Crippen molar-refractivity contribution in [2.45, 2.75) is 58.5 Å². The first-order valence-corrected chi connectivity index (χ1v) is 13.6. The number of nitro groups is 1. The van der Waals surface area contributed by atoms with E-state index in [9.17, 15) is 19.7 Å². The van der Waals surface area contributed by atoms with Crippen molar-refractivity contribution < 1.29 is 24.0 Å². The molecule has 1 aromatic heterocycles. The Kier molecular flexibility index (Phi) is 9.44. The molecule has 3 aromatic rings. The zero-order valence-corrected chi connectivity index (χ0v) is 23.6. The summed E-state index contributed by atoms with van der Waals surface area (Å²) in [4.78, 5) is 42.5. The molecule has 10 nitrogen and oxygen atoms in total. The summed E-state index contributed by atoms with van der Waals surface area (Å²) in [5.41, 5.74) is 3.56. The second kappa shape index (κ2) is 13.2. The molecule has 1 aliphatic heterocycles. The molecule has 0 saturated carbocycles. The Hall–Kier alpha value is -4.60. The van der Waals surface area contributed by atoms with Crippen molar-refractivity contribution in [2.75, 3.05) is 7.11 Å². The molecule has 0 amide bonds. The molecule has 3 atom stereocenters. The molecule has 0 aliphatic carbocycles. The molecular formula is C31H34N4O6. The monoisotopic (exact) mass is 558 g/mol. The Labute approximate surface area is 238 Å². The number of ether oxygens (including phenoxy) is 2. The van der Waals surface area contributed by atoms with Crippen LogP contribution in [0.1, 0.15) is 69.7 Å². The molecule has 0 spiro atoms. The molecule has 4 rings (SSSR count). The lowest BCUT2D eigenvalue weighted by Crippen LogP contribution is -2.36. The van der Waals surface area contributed by atoms with Crippen molar-refractivity contribution in [3.63, 3.8) is 0 Å². The van der Waals surface area contributed by atoms with Gasteiger partial charge in [0.25, 0.3) is 5.69 Å². The first-order valence-electron chi connectivity index (χ1n) is 13.6. The van der Waals surface area contributed by atoms with Crippen LogP contribution >= 0.6 is 0 Å². The molecule has 0 saturated heterocycles. The van der Waals surface area contributed by atoms with Gasteiger partial charge in [-0.2, -0.15) is 5.10 Å². The number of methoxy groups -OCH3 is 1. The minimum Gasteiger partial charge on any atom is -0.468 e. The summed E-state index contributed by atoms with van der Waals surface area (Å²) >= 11 is 0. The fourth-order valence-corrected chi connectivity index (χ4v) is 5.24. The molecule has 1 aliphatic rings. The molecule has 2 aromatic carbocycles. The summed E-state index contributed by atoms with van der Waals surface area (Å²) in [6.45, 7) is 5.45. The van der Waals surface area contributed by atoms with E-state index < -0.39 is 34.8 Å². The van der Waals surface area contributed by atoms with Gasteiger partial charge < -0.3 is 9.47 Å². The molecule has 3 unspecified atom stereocenters. The minimum absolute atomic E-state index is 0.153. The number of esters is 2. The second-order valence-electron chi connectivity index (χ2n) is 10.0. The number of nitrogens with zero attached hydrogens (tertiary/aromatic N) is 3. The van der Waals surface area contributed by atoms with Crippen molar-refractivity contribution in [3.8, 4) is 11.3 Å². The summed E-state index contributed by atoms with van der Waals surface area (Å²) in [7, 11) is 1.26. The summed E-state index contributed by atoms with van der Waals surface area (Å²) in [6.07, 6.45) is 2.70. The van der Waals surface area contributed by atoms with Crippen molar-refractivity contribution in [1.29, 1.82) is 0 Å². The molecule has 0 fully saturated rings. The number of aromatic amines is 1. The summed E-state index contributed by atoms with van der Waals surface area (Å²) < 4.78 is 11.2. The van der Waals surface area contributed by atoms with Crippen LogP contribution in [0.3, 0.4) is 0 Å². The molecule has 0 bridgehead atoms. The largest absolute Gasteiger partial charge is 0.468 e. The number of unbranched alkanes of at least 4 members (excludes halogenated alkanes) is 2. The number of carbonyl (C=O) groups excluding carboxylic acids is 2. The second-order valence-corrected chi connectivity index (χ2v) is 10.0. The van der Waals surface area contributed by atoms with Crippen LogP contribution in [0.5, 0.6) is 0 Å². The van der Waals surface area contributed by atoms with E-state index in [-0.39, 0.29) is 11.3 Å². The number of non-ortho nitro benzene ring substituents is 1. The van der Waals surface area contributed by atoms with E-state index in [1.165, 1.54) is 25.3 Å². The molecule has 1 N–H and O–H groups in total. The van der Waals surface area contributed by atoms with Gasteiger partial charge >= 0.3 is 11.9 Å². The van der Waals surface area contributed by atoms with Gasteiger partial charge in [0.15, 0.2) is 0 Å². The molecule has 10 heteroatoms. The van der Waals surface area contributed by atoms with E-state index in [0.29, 0.717) is 29.1 Å². The zero-order chi connectivity index (χ0) is 29.5. The number of allylic oxidation sites excluding steroid dienone is 1. The maximum absolute atomic E-state index is 14.0. The number of H-pyrrole nitrogens is 1. The summed E-state index contributed by atoms with van der Waals surface area (Å²) in [6, 6.07) is 17.5. The summed E-state index contributed by atoms with van der Waals surface area (Å²) in [5.74, 6) is -3.09. The standard InChI is InChI=1S/C31H34N4O6/c1-5-6-8-16-26(25-18-24(33-34-25)21-12-9-7-10-13-21)41-31(37)28-20(3)32-19(2)27(30(36)40-4)29(28)22-14-11-15-23(17-22)35(38)39/h7,9-15,17-18,26-27,29H,5-6,8,16H2,1-4H3,(H,33,34). The van der Waals surface area contributed by atoms with Gasteiger partial charge in [0.05, 0.1) is 29.0 Å². The highest BCUT2D eigenvalue weighted by Crippen LogP contribution is 2.42. The smallest absolute Gasteiger partial charge is 0.337 e. The number of aromatic nitrogens is 2. The SMILES string of the molecule is CCCCCC(OC(=O)C1=C(C)N=C(C)C(C(=O)OC)C1c1cccc([N+](=O)[O-])c1)c1cc(-c2ccccc2)n[nH]1. The van der Waals surface area contributed by atoms with Crippen LogP contribution in [0.2, 0.25) is 0 Å². The normalized spacial score (nSPS) is 17.5. The lowest BCUT2D eigenvalue weighted by atomic mass is 9.75. The third kappa shape index (κ3) is 6.59. The number of rotatable bonds is 11. The van der Waals surface area contributed by atoms with Gasteiger partial charge in [0, 0.05) is 35.0 Å². The predicted octanol–water partition coefficient (Wildman–Crippen LogP) is 6.47. The lowest BCUT2D eigenvalue weighted by Gasteiger charge is -2.32. The van der Waals surface area contributed by atoms with Crippen molar-refractivity contribution in [2.24, 2.45) is 10.9 Å². The topological polar surface area (TPSA) is 137 Å². The first kappa shape index (κ1) is 29.4. The Balaban J connectivity index is 1.73. The van der Waals surface area contributed by atoms with Gasteiger partial charge in [-0.1, -0.05) is 62.2 Å². The van der Waals surface area contributed by atoms with Crippen LogP contribution in [0, 0.1) is 16.0 Å². The van der Waals surface area contributed by atoms with Crippen LogP contribution in [0.4, 0.5) is 5.69 Å². The third-order valence-electron chi connectivity index (χ3n) is 7.28. The van der Waals surface area contributed by atoms with Gasteiger partial charge in [-0.05, 0) is 38.3 Å². The average Bonchev–Trinajstić information content (AvgIpc) is 3.47. The molecule has 0 radical (unpaired) electrons. The van der Waals surface area contributed by atoms with Crippen LogP contribution in [-0.2, 0) is 19.1 Å². The van der Waals surface area contributed by atoms with Gasteiger partial charge in [-0.25, -0.2) is 4.79 Å². The number of hydrogen-bond acceptors (Lipinski definition) is 8. The van der Waals surface area contributed by atoms with E-state index in [1.54, 1.807) is 19.9 Å². The van der Waals surface area contributed by atoms with Crippen LogP contribution in [-0.4, -0.2) is 39.9 Å². The van der Waals surface area contributed by atoms with E-state index in [2.05, 4.69) is 22.1 Å². The number of nitrogens with one attached hydrogen (secondary N) is 1. The van der Waals surface area contributed by atoms with Crippen LogP contribution in [0.25, 0.3) is 11.3 Å². The first-order chi connectivity index (χ1) is 19.7. The van der Waals surface area contributed by atoms with Gasteiger partial charge in [-0.3, -0.25) is 25.0 Å². The molecule has 41 heavy (non-hydrogen) atoms. The van der Waals surface area contributed by atoms with Crippen LogP contribution in [0.15, 0.2) is 76.9 Å². The number of nitro benzene ring substituents is 1. The Morgan fingerprint density at radius 1 is 1.07 bits per heavy atom. The summed E-state index contributed by atoms with van der Waals surface area (Å²) in [5, 5.41) is 19.0. The number of carbonyl (C=O) groups is 2. The highest BCUT2D eigenvalue weighted by Gasteiger charge is 2.43. The highest BCUT2D eigenvalue weighted by molar-refractivity contribution is 6.07. The maximum atomic E-state index is 14.0. The van der Waals surface area contributed by atoms with Crippen molar-refractivity contribution >= 4 is 23.3 Å². The molecular weight excluding hydrogens is 524 g/mol. The lowest BCUT2D eigenvalue weighted by molar-refractivity contribution is -0.384. The van der Waals surface area contributed by atoms with E-state index in [0.717, 1.165) is 30.5 Å². The van der Waals surface area contributed by atoms with E-state index in [4.69, 9.17) is 9.47 Å². The Morgan fingerprint density at radius 2 is 1.83 bits per heavy atom. The van der Waals surface area contributed by atoms with Crippen molar-refractivity contribution in [1.82, 2.24) is 10.2 Å². The van der Waals surface area contributed by atoms with Gasteiger partial charge in [0.2, 0.25) is 0 Å². The predicted molar refractivity (Wildman–Crippen MR) is 154 cm³/mol. The Morgan fingerprint density at radius 3 is 2.51 bits per heavy atom. The van der Waals surface area contributed by atoms with Gasteiger partial charge in [-0.15, -0.1) is 0 Å². The molecule has 214 valence electrons. The molecule has 2 heterocycles.